The average molecular weight is 323 g/mol. The molecule has 3 N–H and O–H groups in total. The number of hydrogen-bond acceptors (Lipinski definition) is 4. The average Bonchev–Trinajstić information content (AvgIpc) is 3.03. The third-order valence-corrected chi connectivity index (χ3v) is 3.85. The fourth-order valence-corrected chi connectivity index (χ4v) is 2.50. The van der Waals surface area contributed by atoms with Gasteiger partial charge in [-0.2, -0.15) is 0 Å². The standard InChI is InChI=1S/C17H29N3O3/c1-2-3-4-5-6-8-15(13-20-12-11-19-14-20)9-7-10-16(23-18)17(21)22/h9,11-12,14,16H,2-8,10,13,18H2,1H3,(H,21,22). The first kappa shape index (κ1) is 19.4. The highest BCUT2D eigenvalue weighted by Gasteiger charge is 2.15. The van der Waals surface area contributed by atoms with Crippen LogP contribution in [0.2, 0.25) is 0 Å². The molecule has 130 valence electrons. The van der Waals surface area contributed by atoms with E-state index in [1.807, 2.05) is 10.8 Å². The second-order valence-corrected chi connectivity index (χ2v) is 5.80. The summed E-state index contributed by atoms with van der Waals surface area (Å²) in [5.74, 6) is 4.00. The van der Waals surface area contributed by atoms with Crippen LogP contribution in [0.5, 0.6) is 0 Å². The number of aliphatic carboxylic acids is 1. The Labute approximate surface area is 138 Å². The molecule has 0 aliphatic rings. The van der Waals surface area contributed by atoms with Gasteiger partial charge in [0.05, 0.1) is 6.33 Å². The predicted molar refractivity (Wildman–Crippen MR) is 89.6 cm³/mol. The van der Waals surface area contributed by atoms with E-state index in [0.717, 1.165) is 19.4 Å². The van der Waals surface area contributed by atoms with Gasteiger partial charge in [-0.3, -0.25) is 4.84 Å². The van der Waals surface area contributed by atoms with Crippen molar-refractivity contribution in [3.05, 3.63) is 30.4 Å². The molecule has 1 atom stereocenters. The van der Waals surface area contributed by atoms with Crippen LogP contribution in [0.15, 0.2) is 30.4 Å². The van der Waals surface area contributed by atoms with E-state index in [1.54, 1.807) is 12.5 Å². The van der Waals surface area contributed by atoms with Gasteiger partial charge in [0.25, 0.3) is 0 Å². The van der Waals surface area contributed by atoms with E-state index in [0.29, 0.717) is 12.8 Å². The van der Waals surface area contributed by atoms with Gasteiger partial charge in [-0.05, 0) is 25.7 Å². The molecule has 0 amide bonds. The van der Waals surface area contributed by atoms with Crippen molar-refractivity contribution in [3.8, 4) is 0 Å². The highest BCUT2D eigenvalue weighted by atomic mass is 16.6. The molecule has 0 radical (unpaired) electrons. The van der Waals surface area contributed by atoms with Crippen LogP contribution in [-0.4, -0.2) is 26.7 Å². The minimum Gasteiger partial charge on any atom is -0.479 e. The number of nitrogens with zero attached hydrogens (tertiary/aromatic N) is 2. The molecule has 1 heterocycles. The van der Waals surface area contributed by atoms with Crippen molar-refractivity contribution in [1.29, 1.82) is 0 Å². The van der Waals surface area contributed by atoms with Crippen molar-refractivity contribution in [2.75, 3.05) is 0 Å². The first-order valence-corrected chi connectivity index (χ1v) is 8.39. The van der Waals surface area contributed by atoms with Crippen LogP contribution in [0.3, 0.4) is 0 Å². The van der Waals surface area contributed by atoms with E-state index in [-0.39, 0.29) is 0 Å². The minimum absolute atomic E-state index is 0.384. The Kier molecular flexibility index (Phi) is 9.99. The van der Waals surface area contributed by atoms with Crippen molar-refractivity contribution in [2.45, 2.75) is 70.9 Å². The zero-order chi connectivity index (χ0) is 16.9. The SMILES string of the molecule is CCCCCCCC(=CCCC(ON)C(=O)O)Cn1ccnc1. The van der Waals surface area contributed by atoms with Gasteiger partial charge in [-0.25, -0.2) is 15.7 Å². The number of hydrogen-bond donors (Lipinski definition) is 2. The van der Waals surface area contributed by atoms with Gasteiger partial charge in [0, 0.05) is 18.9 Å². The van der Waals surface area contributed by atoms with Gasteiger partial charge in [0.1, 0.15) is 0 Å². The summed E-state index contributed by atoms with van der Waals surface area (Å²) in [7, 11) is 0. The summed E-state index contributed by atoms with van der Waals surface area (Å²) in [4.78, 5) is 19.4. The van der Waals surface area contributed by atoms with Crippen LogP contribution in [-0.2, 0) is 16.2 Å². The lowest BCUT2D eigenvalue weighted by molar-refractivity contribution is -0.151. The Balaban J connectivity index is 2.48. The zero-order valence-electron chi connectivity index (χ0n) is 14.0. The van der Waals surface area contributed by atoms with E-state index in [4.69, 9.17) is 11.0 Å². The summed E-state index contributed by atoms with van der Waals surface area (Å²) in [6.07, 6.45) is 14.9. The second-order valence-electron chi connectivity index (χ2n) is 5.80. The van der Waals surface area contributed by atoms with E-state index in [9.17, 15) is 4.79 Å². The van der Waals surface area contributed by atoms with Gasteiger partial charge in [0.15, 0.2) is 6.10 Å². The third-order valence-electron chi connectivity index (χ3n) is 3.85. The summed E-state index contributed by atoms with van der Waals surface area (Å²) < 4.78 is 2.03. The molecule has 0 aliphatic carbocycles. The molecular weight excluding hydrogens is 294 g/mol. The van der Waals surface area contributed by atoms with Crippen molar-refractivity contribution in [1.82, 2.24) is 9.55 Å². The second kappa shape index (κ2) is 11.8. The molecule has 0 spiro atoms. The Morgan fingerprint density at radius 2 is 2.17 bits per heavy atom. The van der Waals surface area contributed by atoms with Crippen molar-refractivity contribution in [3.63, 3.8) is 0 Å². The molecule has 1 rings (SSSR count). The lowest BCUT2D eigenvalue weighted by Crippen LogP contribution is -2.26. The number of nitrogens with two attached hydrogens (primary N) is 1. The lowest BCUT2D eigenvalue weighted by Gasteiger charge is -2.11. The van der Waals surface area contributed by atoms with Crippen LogP contribution < -0.4 is 5.90 Å². The number of rotatable bonds is 13. The van der Waals surface area contributed by atoms with Crippen molar-refractivity contribution >= 4 is 5.97 Å². The van der Waals surface area contributed by atoms with E-state index in [1.165, 1.54) is 31.3 Å². The molecule has 6 heteroatoms. The largest absolute Gasteiger partial charge is 0.479 e. The summed E-state index contributed by atoms with van der Waals surface area (Å²) in [6, 6.07) is 0. The Morgan fingerprint density at radius 3 is 2.78 bits per heavy atom. The van der Waals surface area contributed by atoms with Crippen molar-refractivity contribution < 1.29 is 14.7 Å². The van der Waals surface area contributed by atoms with Gasteiger partial charge >= 0.3 is 5.97 Å². The molecule has 0 fully saturated rings. The van der Waals surface area contributed by atoms with Crippen LogP contribution >= 0.6 is 0 Å². The van der Waals surface area contributed by atoms with Gasteiger partial charge in [-0.1, -0.05) is 44.3 Å². The first-order valence-electron chi connectivity index (χ1n) is 8.39. The monoisotopic (exact) mass is 323 g/mol. The summed E-state index contributed by atoms with van der Waals surface area (Å²) >= 11 is 0. The first-order chi connectivity index (χ1) is 11.2. The number of aromatic nitrogens is 2. The highest BCUT2D eigenvalue weighted by molar-refractivity contribution is 5.72. The molecule has 0 saturated carbocycles. The number of carbonyl (C=O) groups is 1. The Bertz CT molecular complexity index is 458. The lowest BCUT2D eigenvalue weighted by atomic mass is 10.0. The van der Waals surface area contributed by atoms with Crippen LogP contribution in [0.1, 0.15) is 58.3 Å². The molecule has 0 aromatic carbocycles. The Morgan fingerprint density at radius 1 is 1.39 bits per heavy atom. The third kappa shape index (κ3) is 8.52. The fraction of sp³-hybridized carbons (Fsp3) is 0.647. The predicted octanol–water partition coefficient (Wildman–Crippen LogP) is 3.29. The molecule has 0 aliphatic heterocycles. The minimum atomic E-state index is -1.02. The zero-order valence-corrected chi connectivity index (χ0v) is 14.0. The van der Waals surface area contributed by atoms with E-state index in [2.05, 4.69) is 22.8 Å². The summed E-state index contributed by atoms with van der Waals surface area (Å²) in [5.41, 5.74) is 1.31. The Hall–Kier alpha value is -1.66. The normalized spacial score (nSPS) is 13.2. The number of unbranched alkanes of at least 4 members (excludes halogenated alkanes) is 4. The number of imidazole rings is 1. The van der Waals surface area contributed by atoms with Gasteiger partial charge in [0.2, 0.25) is 0 Å². The molecule has 6 nitrogen and oxygen atoms in total. The van der Waals surface area contributed by atoms with Gasteiger partial charge < -0.3 is 9.67 Å². The highest BCUT2D eigenvalue weighted by Crippen LogP contribution is 2.15. The smallest absolute Gasteiger partial charge is 0.334 e. The number of carboxylic acid groups (broad SMARTS) is 1. The molecule has 1 unspecified atom stereocenters. The maximum atomic E-state index is 10.9. The van der Waals surface area contributed by atoms with Crippen LogP contribution in [0, 0.1) is 0 Å². The summed E-state index contributed by atoms with van der Waals surface area (Å²) in [5, 5.41) is 8.93. The molecule has 23 heavy (non-hydrogen) atoms. The molecule has 0 bridgehead atoms. The maximum Gasteiger partial charge on any atom is 0.334 e. The van der Waals surface area contributed by atoms with E-state index >= 15 is 0 Å². The molecule has 1 aromatic heterocycles. The fourth-order valence-electron chi connectivity index (χ4n) is 2.50. The molecule has 1 aromatic rings. The molecule has 0 saturated heterocycles. The quantitative estimate of drug-likeness (QED) is 0.330. The van der Waals surface area contributed by atoms with Crippen LogP contribution in [0.4, 0.5) is 0 Å². The van der Waals surface area contributed by atoms with Gasteiger partial charge in [-0.15, -0.1) is 0 Å². The van der Waals surface area contributed by atoms with Crippen LogP contribution in [0.25, 0.3) is 0 Å². The van der Waals surface area contributed by atoms with E-state index < -0.39 is 12.1 Å². The van der Waals surface area contributed by atoms with Crippen molar-refractivity contribution in [2.24, 2.45) is 5.90 Å². The maximum absolute atomic E-state index is 10.9. The molecular formula is C17H29N3O3. The number of carboxylic acids is 1. The summed E-state index contributed by atoms with van der Waals surface area (Å²) in [6.45, 7) is 3.01. The number of allylic oxidation sites excluding steroid dienone is 2. The topological polar surface area (TPSA) is 90.4 Å².